The molecule has 0 aliphatic carbocycles. The summed E-state index contributed by atoms with van der Waals surface area (Å²) in [5, 5.41) is 0. The second-order valence-electron chi connectivity index (χ2n) is 4.02. The van der Waals surface area contributed by atoms with Gasteiger partial charge in [-0.3, -0.25) is 0 Å². The number of benzene rings is 1. The fourth-order valence-corrected chi connectivity index (χ4v) is 2.55. The van der Waals surface area contributed by atoms with Crippen LogP contribution in [0, 0.1) is 4.77 Å². The standard InChI is InChI=1S/C12H15BrN2O2S/c1-16-7-9(17-2)6-15-11-4-3-8(13)5-10(11)14-12(15)18/h3-5,9H,6-7H2,1-2H3,(H,14,18). The first-order valence-corrected chi connectivity index (χ1v) is 6.75. The fraction of sp³-hybridized carbons (Fsp3) is 0.417. The summed E-state index contributed by atoms with van der Waals surface area (Å²) in [5.74, 6) is 0. The van der Waals surface area contributed by atoms with Gasteiger partial charge in [0.1, 0.15) is 0 Å². The van der Waals surface area contributed by atoms with E-state index in [9.17, 15) is 0 Å². The molecule has 0 bridgehead atoms. The normalized spacial score (nSPS) is 13.1. The molecular weight excluding hydrogens is 316 g/mol. The lowest BCUT2D eigenvalue weighted by Gasteiger charge is -2.15. The number of hydrogen-bond donors (Lipinski definition) is 1. The van der Waals surface area contributed by atoms with Crippen LogP contribution in [-0.4, -0.2) is 36.5 Å². The van der Waals surface area contributed by atoms with Gasteiger partial charge in [-0.15, -0.1) is 0 Å². The van der Waals surface area contributed by atoms with E-state index in [-0.39, 0.29) is 6.10 Å². The van der Waals surface area contributed by atoms with E-state index >= 15 is 0 Å². The number of hydrogen-bond acceptors (Lipinski definition) is 3. The number of ether oxygens (including phenoxy) is 2. The number of aromatic nitrogens is 2. The van der Waals surface area contributed by atoms with Crippen molar-refractivity contribution in [2.75, 3.05) is 20.8 Å². The number of nitrogens with zero attached hydrogens (tertiary/aromatic N) is 1. The lowest BCUT2D eigenvalue weighted by atomic mass is 10.3. The summed E-state index contributed by atoms with van der Waals surface area (Å²) in [5.41, 5.74) is 2.09. The third kappa shape index (κ3) is 2.83. The highest BCUT2D eigenvalue weighted by Gasteiger charge is 2.11. The van der Waals surface area contributed by atoms with Crippen LogP contribution in [0.3, 0.4) is 0 Å². The number of methoxy groups -OCH3 is 2. The van der Waals surface area contributed by atoms with Crippen LogP contribution in [-0.2, 0) is 16.0 Å². The molecule has 0 spiro atoms. The van der Waals surface area contributed by atoms with Gasteiger partial charge in [0.2, 0.25) is 0 Å². The topological polar surface area (TPSA) is 39.2 Å². The molecule has 0 amide bonds. The number of halogens is 1. The van der Waals surface area contributed by atoms with Gasteiger partial charge < -0.3 is 19.0 Å². The Morgan fingerprint density at radius 3 is 2.89 bits per heavy atom. The SMILES string of the molecule is COCC(Cn1c(=S)[nH]c2cc(Br)ccc21)OC. The van der Waals surface area contributed by atoms with E-state index in [0.717, 1.165) is 15.5 Å². The average molecular weight is 331 g/mol. The minimum atomic E-state index is -0.00986. The minimum Gasteiger partial charge on any atom is -0.382 e. The van der Waals surface area contributed by atoms with E-state index in [1.54, 1.807) is 14.2 Å². The van der Waals surface area contributed by atoms with Crippen molar-refractivity contribution in [3.63, 3.8) is 0 Å². The molecule has 1 aromatic heterocycles. The summed E-state index contributed by atoms with van der Waals surface area (Å²) < 4.78 is 14.3. The van der Waals surface area contributed by atoms with E-state index in [1.807, 2.05) is 22.8 Å². The molecule has 1 N–H and O–H groups in total. The lowest BCUT2D eigenvalue weighted by molar-refractivity contribution is 0.0188. The summed E-state index contributed by atoms with van der Waals surface area (Å²) in [4.78, 5) is 3.19. The Morgan fingerprint density at radius 2 is 2.22 bits per heavy atom. The van der Waals surface area contributed by atoms with E-state index in [2.05, 4.69) is 20.9 Å². The van der Waals surface area contributed by atoms with Gasteiger partial charge in [0.25, 0.3) is 0 Å². The van der Waals surface area contributed by atoms with Crippen molar-refractivity contribution in [3.05, 3.63) is 27.4 Å². The average Bonchev–Trinajstić information content (AvgIpc) is 2.64. The van der Waals surface area contributed by atoms with Crippen LogP contribution in [0.15, 0.2) is 22.7 Å². The molecule has 1 unspecified atom stereocenters. The van der Waals surface area contributed by atoms with Gasteiger partial charge in [-0.25, -0.2) is 0 Å². The van der Waals surface area contributed by atoms with E-state index in [0.29, 0.717) is 17.9 Å². The number of fused-ring (bicyclic) bond motifs is 1. The molecule has 18 heavy (non-hydrogen) atoms. The van der Waals surface area contributed by atoms with Crippen LogP contribution in [0.2, 0.25) is 0 Å². The third-order valence-corrected chi connectivity index (χ3v) is 3.62. The Balaban J connectivity index is 2.38. The number of nitrogens with one attached hydrogen (secondary N) is 1. The largest absolute Gasteiger partial charge is 0.382 e. The van der Waals surface area contributed by atoms with Crippen molar-refractivity contribution in [1.29, 1.82) is 0 Å². The van der Waals surface area contributed by atoms with Crippen molar-refractivity contribution in [2.45, 2.75) is 12.6 Å². The van der Waals surface area contributed by atoms with E-state index in [4.69, 9.17) is 21.7 Å². The highest BCUT2D eigenvalue weighted by Crippen LogP contribution is 2.20. The molecule has 2 aromatic rings. The molecule has 0 fully saturated rings. The Morgan fingerprint density at radius 1 is 1.44 bits per heavy atom. The smallest absolute Gasteiger partial charge is 0.178 e. The zero-order valence-electron chi connectivity index (χ0n) is 10.3. The molecule has 1 aromatic carbocycles. The number of aromatic amines is 1. The Kier molecular flexibility index (Phi) is 4.55. The van der Waals surface area contributed by atoms with Gasteiger partial charge in [0, 0.05) is 18.7 Å². The molecule has 0 saturated heterocycles. The van der Waals surface area contributed by atoms with Crippen LogP contribution in [0.4, 0.5) is 0 Å². The van der Waals surface area contributed by atoms with Gasteiger partial charge in [0.15, 0.2) is 4.77 Å². The van der Waals surface area contributed by atoms with Crippen molar-refractivity contribution in [2.24, 2.45) is 0 Å². The molecule has 2 rings (SSSR count). The van der Waals surface area contributed by atoms with Crippen molar-refractivity contribution in [1.82, 2.24) is 9.55 Å². The zero-order chi connectivity index (χ0) is 13.1. The highest BCUT2D eigenvalue weighted by molar-refractivity contribution is 9.10. The molecular formula is C12H15BrN2O2S. The van der Waals surface area contributed by atoms with Crippen molar-refractivity contribution in [3.8, 4) is 0 Å². The first kappa shape index (κ1) is 13.7. The second kappa shape index (κ2) is 5.97. The first-order chi connectivity index (χ1) is 8.65. The first-order valence-electron chi connectivity index (χ1n) is 5.55. The molecule has 0 aliphatic rings. The summed E-state index contributed by atoms with van der Waals surface area (Å²) >= 11 is 8.79. The summed E-state index contributed by atoms with van der Waals surface area (Å²) in [7, 11) is 3.34. The molecule has 4 nitrogen and oxygen atoms in total. The van der Waals surface area contributed by atoms with Gasteiger partial charge in [-0.05, 0) is 30.4 Å². The summed E-state index contributed by atoms with van der Waals surface area (Å²) in [6.45, 7) is 1.21. The fourth-order valence-electron chi connectivity index (χ4n) is 1.90. The number of imidazole rings is 1. The molecule has 0 radical (unpaired) electrons. The van der Waals surface area contributed by atoms with Crippen molar-refractivity contribution < 1.29 is 9.47 Å². The van der Waals surface area contributed by atoms with Gasteiger partial charge in [-0.2, -0.15) is 0 Å². The molecule has 1 heterocycles. The zero-order valence-corrected chi connectivity index (χ0v) is 12.7. The van der Waals surface area contributed by atoms with Crippen molar-refractivity contribution >= 4 is 39.2 Å². The maximum atomic E-state index is 5.38. The predicted molar refractivity (Wildman–Crippen MR) is 77.5 cm³/mol. The maximum absolute atomic E-state index is 5.38. The highest BCUT2D eigenvalue weighted by atomic mass is 79.9. The summed E-state index contributed by atoms with van der Waals surface area (Å²) in [6.07, 6.45) is -0.00986. The third-order valence-electron chi connectivity index (χ3n) is 2.81. The number of rotatable bonds is 5. The van der Waals surface area contributed by atoms with E-state index < -0.39 is 0 Å². The van der Waals surface area contributed by atoms with Crippen LogP contribution >= 0.6 is 28.1 Å². The molecule has 0 aliphatic heterocycles. The van der Waals surface area contributed by atoms with Gasteiger partial charge in [-0.1, -0.05) is 15.9 Å². The van der Waals surface area contributed by atoms with Crippen LogP contribution in [0.25, 0.3) is 11.0 Å². The van der Waals surface area contributed by atoms with Crippen LogP contribution in [0.5, 0.6) is 0 Å². The second-order valence-corrected chi connectivity index (χ2v) is 5.32. The molecule has 6 heteroatoms. The molecule has 0 saturated carbocycles. The minimum absolute atomic E-state index is 0.00986. The molecule has 98 valence electrons. The maximum Gasteiger partial charge on any atom is 0.178 e. The Bertz CT molecular complexity index is 593. The summed E-state index contributed by atoms with van der Waals surface area (Å²) in [6, 6.07) is 6.05. The number of H-pyrrole nitrogens is 1. The van der Waals surface area contributed by atoms with Crippen LogP contribution in [0.1, 0.15) is 0 Å². The monoisotopic (exact) mass is 330 g/mol. The lowest BCUT2D eigenvalue weighted by Crippen LogP contribution is -2.23. The molecule has 1 atom stereocenters. The quantitative estimate of drug-likeness (QED) is 0.856. The Labute approximate surface area is 119 Å². The van der Waals surface area contributed by atoms with Gasteiger partial charge >= 0.3 is 0 Å². The predicted octanol–water partition coefficient (Wildman–Crippen LogP) is 3.12. The van der Waals surface area contributed by atoms with E-state index in [1.165, 1.54) is 0 Å². The van der Waals surface area contributed by atoms with Gasteiger partial charge in [0.05, 0.1) is 30.3 Å². The van der Waals surface area contributed by atoms with Crippen LogP contribution < -0.4 is 0 Å². The Hall–Kier alpha value is -0.690.